The molecule has 0 aliphatic carbocycles. The number of esters is 1. The normalized spacial score (nSPS) is 10.1. The van der Waals surface area contributed by atoms with E-state index < -0.39 is 0 Å². The zero-order chi connectivity index (χ0) is 10.4. The van der Waals surface area contributed by atoms with Gasteiger partial charge in [0.05, 0.1) is 12.8 Å². The lowest BCUT2D eigenvalue weighted by molar-refractivity contribution is -0.134. The minimum atomic E-state index is -0.372. The van der Waals surface area contributed by atoms with Crippen LogP contribution in [0.5, 0.6) is 0 Å². The molecule has 14 heavy (non-hydrogen) atoms. The van der Waals surface area contributed by atoms with Crippen molar-refractivity contribution in [2.24, 2.45) is 0 Å². The minimum absolute atomic E-state index is 0.372. The molecule has 0 saturated carbocycles. The topological polar surface area (TPSA) is 38.3 Å². The molecule has 1 N–H and O–H groups in total. The highest BCUT2D eigenvalue weighted by Crippen LogP contribution is 2.16. The molecular weight excluding hydrogens is 293 g/mol. The summed E-state index contributed by atoms with van der Waals surface area (Å²) in [5.41, 5.74) is 0.966. The summed E-state index contributed by atoms with van der Waals surface area (Å²) in [6.07, 6.45) is 2.90. The first-order chi connectivity index (χ1) is 6.74. The fourth-order valence-corrected chi connectivity index (χ4v) is 1.39. The second-order valence-electron chi connectivity index (χ2n) is 2.48. The first-order valence-electron chi connectivity index (χ1n) is 3.99. The summed E-state index contributed by atoms with van der Waals surface area (Å²) >= 11 is 2.21. The number of hydrogen-bond acceptors (Lipinski definition) is 3. The van der Waals surface area contributed by atoms with Gasteiger partial charge in [-0.2, -0.15) is 0 Å². The number of benzene rings is 1. The third kappa shape index (κ3) is 3.37. The van der Waals surface area contributed by atoms with Gasteiger partial charge in [-0.05, 0) is 34.7 Å². The van der Waals surface area contributed by atoms with Crippen LogP contribution in [0, 0.1) is 3.57 Å². The molecule has 1 aromatic carbocycles. The minimum Gasteiger partial charge on any atom is -0.466 e. The van der Waals surface area contributed by atoms with Crippen molar-refractivity contribution in [2.75, 3.05) is 12.4 Å². The summed E-state index contributed by atoms with van der Waals surface area (Å²) in [5, 5.41) is 2.99. The molecule has 0 atom stereocenters. The smallest absolute Gasteiger partial charge is 0.331 e. The number of anilines is 1. The quantitative estimate of drug-likeness (QED) is 0.529. The Hall–Kier alpha value is -1.04. The monoisotopic (exact) mass is 303 g/mol. The average Bonchev–Trinajstić information content (AvgIpc) is 2.20. The van der Waals surface area contributed by atoms with Crippen LogP contribution in [-0.2, 0) is 9.53 Å². The summed E-state index contributed by atoms with van der Waals surface area (Å²) in [6, 6.07) is 7.80. The van der Waals surface area contributed by atoms with Crippen LogP contribution in [0.25, 0.3) is 0 Å². The Bertz CT molecular complexity index is 350. The first-order valence-corrected chi connectivity index (χ1v) is 5.07. The second kappa shape index (κ2) is 5.64. The molecule has 4 heteroatoms. The molecular formula is C10H10INO2. The average molecular weight is 303 g/mol. The van der Waals surface area contributed by atoms with Crippen LogP contribution in [0.4, 0.5) is 5.69 Å². The molecule has 0 unspecified atom stereocenters. The number of methoxy groups -OCH3 is 1. The summed E-state index contributed by atoms with van der Waals surface area (Å²) in [5.74, 6) is -0.372. The SMILES string of the molecule is COC(=O)/C=C/Nc1ccccc1I. The predicted octanol–water partition coefficient (Wildman–Crippen LogP) is 2.39. The number of halogens is 1. The Morgan fingerprint density at radius 2 is 2.21 bits per heavy atom. The molecule has 0 amide bonds. The van der Waals surface area contributed by atoms with Gasteiger partial charge >= 0.3 is 5.97 Å². The summed E-state index contributed by atoms with van der Waals surface area (Å²) < 4.78 is 5.55. The van der Waals surface area contributed by atoms with Crippen molar-refractivity contribution in [1.82, 2.24) is 0 Å². The third-order valence-electron chi connectivity index (χ3n) is 1.53. The van der Waals surface area contributed by atoms with Crippen molar-refractivity contribution >= 4 is 34.2 Å². The fourth-order valence-electron chi connectivity index (χ4n) is 0.846. The number of ether oxygens (including phenoxy) is 1. The van der Waals surface area contributed by atoms with E-state index in [9.17, 15) is 4.79 Å². The zero-order valence-corrected chi connectivity index (χ0v) is 9.82. The van der Waals surface area contributed by atoms with Gasteiger partial charge in [-0.25, -0.2) is 4.79 Å². The maximum absolute atomic E-state index is 10.7. The number of carbonyl (C=O) groups excluding carboxylic acids is 1. The Labute approximate surface area is 96.3 Å². The van der Waals surface area contributed by atoms with Gasteiger partial charge in [0, 0.05) is 15.8 Å². The van der Waals surface area contributed by atoms with Crippen molar-refractivity contribution in [3.8, 4) is 0 Å². The molecule has 3 nitrogen and oxygen atoms in total. The molecule has 0 saturated heterocycles. The molecule has 0 heterocycles. The largest absolute Gasteiger partial charge is 0.466 e. The molecule has 0 aromatic heterocycles. The number of para-hydroxylation sites is 1. The van der Waals surface area contributed by atoms with Crippen molar-refractivity contribution in [3.05, 3.63) is 40.1 Å². The fraction of sp³-hybridized carbons (Fsp3) is 0.100. The molecule has 0 spiro atoms. The van der Waals surface area contributed by atoms with Crippen LogP contribution in [0.1, 0.15) is 0 Å². The van der Waals surface area contributed by atoms with Crippen LogP contribution in [0.15, 0.2) is 36.5 Å². The lowest BCUT2D eigenvalue weighted by Gasteiger charge is -2.02. The van der Waals surface area contributed by atoms with E-state index in [-0.39, 0.29) is 5.97 Å². The Balaban J connectivity index is 2.58. The van der Waals surface area contributed by atoms with Crippen LogP contribution < -0.4 is 5.32 Å². The van der Waals surface area contributed by atoms with Gasteiger partial charge in [0.2, 0.25) is 0 Å². The van der Waals surface area contributed by atoms with E-state index in [1.807, 2.05) is 24.3 Å². The van der Waals surface area contributed by atoms with E-state index in [0.29, 0.717) is 0 Å². The van der Waals surface area contributed by atoms with Crippen molar-refractivity contribution in [2.45, 2.75) is 0 Å². The molecule has 74 valence electrons. The summed E-state index contributed by atoms with van der Waals surface area (Å²) in [7, 11) is 1.35. The van der Waals surface area contributed by atoms with Gasteiger partial charge < -0.3 is 10.1 Å². The first kappa shape index (κ1) is 11.0. The van der Waals surface area contributed by atoms with Crippen molar-refractivity contribution < 1.29 is 9.53 Å². The van der Waals surface area contributed by atoms with Crippen LogP contribution in [0.2, 0.25) is 0 Å². The van der Waals surface area contributed by atoms with E-state index in [1.54, 1.807) is 6.20 Å². The van der Waals surface area contributed by atoms with Crippen molar-refractivity contribution in [1.29, 1.82) is 0 Å². The molecule has 0 aliphatic heterocycles. The highest BCUT2D eigenvalue weighted by molar-refractivity contribution is 14.1. The lowest BCUT2D eigenvalue weighted by Crippen LogP contribution is -1.97. The van der Waals surface area contributed by atoms with E-state index in [2.05, 4.69) is 32.6 Å². The van der Waals surface area contributed by atoms with Gasteiger partial charge in [0.1, 0.15) is 0 Å². The standard InChI is InChI=1S/C10H10INO2/c1-14-10(13)6-7-12-9-5-3-2-4-8(9)11/h2-7,12H,1H3/b7-6+. The maximum atomic E-state index is 10.7. The van der Waals surface area contributed by atoms with Crippen LogP contribution in [-0.4, -0.2) is 13.1 Å². The molecule has 0 radical (unpaired) electrons. The number of hydrogen-bond donors (Lipinski definition) is 1. The molecule has 1 rings (SSSR count). The Kier molecular flexibility index (Phi) is 4.45. The zero-order valence-electron chi connectivity index (χ0n) is 7.66. The van der Waals surface area contributed by atoms with Gasteiger partial charge in [0.15, 0.2) is 0 Å². The highest BCUT2D eigenvalue weighted by Gasteiger charge is 1.94. The van der Waals surface area contributed by atoms with Crippen LogP contribution >= 0.6 is 22.6 Å². The molecule has 1 aromatic rings. The molecule has 0 bridgehead atoms. The van der Waals surface area contributed by atoms with Gasteiger partial charge in [-0.3, -0.25) is 0 Å². The van der Waals surface area contributed by atoms with Crippen molar-refractivity contribution in [3.63, 3.8) is 0 Å². The van der Waals surface area contributed by atoms with Gasteiger partial charge in [-0.1, -0.05) is 12.1 Å². The second-order valence-corrected chi connectivity index (χ2v) is 3.64. The number of nitrogens with one attached hydrogen (secondary N) is 1. The molecule has 0 aliphatic rings. The molecule has 0 fully saturated rings. The Morgan fingerprint density at radius 1 is 1.50 bits per heavy atom. The number of carbonyl (C=O) groups is 1. The maximum Gasteiger partial charge on any atom is 0.331 e. The highest BCUT2D eigenvalue weighted by atomic mass is 127. The van der Waals surface area contributed by atoms with E-state index in [1.165, 1.54) is 13.2 Å². The predicted molar refractivity (Wildman–Crippen MR) is 63.9 cm³/mol. The number of rotatable bonds is 3. The van der Waals surface area contributed by atoms with E-state index >= 15 is 0 Å². The van der Waals surface area contributed by atoms with Crippen LogP contribution in [0.3, 0.4) is 0 Å². The van der Waals surface area contributed by atoms with Gasteiger partial charge in [0.25, 0.3) is 0 Å². The summed E-state index contributed by atoms with van der Waals surface area (Å²) in [4.78, 5) is 10.7. The van der Waals surface area contributed by atoms with Gasteiger partial charge in [-0.15, -0.1) is 0 Å². The van der Waals surface area contributed by atoms with E-state index in [0.717, 1.165) is 9.26 Å². The van der Waals surface area contributed by atoms with E-state index in [4.69, 9.17) is 0 Å². The Morgan fingerprint density at radius 3 is 2.86 bits per heavy atom. The third-order valence-corrected chi connectivity index (χ3v) is 2.47. The summed E-state index contributed by atoms with van der Waals surface area (Å²) in [6.45, 7) is 0. The lowest BCUT2D eigenvalue weighted by atomic mass is 10.3.